The van der Waals surface area contributed by atoms with Gasteiger partial charge in [0.2, 0.25) is 0 Å². The molecule has 2 rings (SSSR count). The summed E-state index contributed by atoms with van der Waals surface area (Å²) in [5.41, 5.74) is 2.56. The predicted octanol–water partition coefficient (Wildman–Crippen LogP) is 1.13. The molecule has 0 aromatic heterocycles. The van der Waals surface area contributed by atoms with Crippen molar-refractivity contribution in [2.24, 2.45) is 0 Å². The summed E-state index contributed by atoms with van der Waals surface area (Å²) < 4.78 is 0. The van der Waals surface area contributed by atoms with Crippen LogP contribution in [-0.4, -0.2) is 18.5 Å². The molecule has 0 spiro atoms. The molecule has 1 fully saturated rings. The normalized spacial score (nSPS) is 17.6. The number of carbonyl (C=O) groups is 2. The molecule has 0 unspecified atom stereocenters. The van der Waals surface area contributed by atoms with E-state index in [1.54, 1.807) is 6.20 Å². The molecule has 1 saturated heterocycles. The lowest BCUT2D eigenvalue weighted by atomic mass is 10.2. The van der Waals surface area contributed by atoms with Crippen LogP contribution >= 0.6 is 0 Å². The van der Waals surface area contributed by atoms with Gasteiger partial charge in [0.05, 0.1) is 12.1 Å². The highest BCUT2D eigenvalue weighted by atomic mass is 16.2. The summed E-state index contributed by atoms with van der Waals surface area (Å²) in [5, 5.41) is 7.72. The monoisotopic (exact) mass is 231 g/mol. The minimum Gasteiger partial charge on any atom is -0.361 e. The maximum atomic E-state index is 11.4. The Hall–Kier alpha value is -2.30. The second kappa shape index (κ2) is 4.69. The zero-order valence-electron chi connectivity index (χ0n) is 9.41. The first-order valence-electron chi connectivity index (χ1n) is 5.26. The molecule has 1 aromatic rings. The van der Waals surface area contributed by atoms with Crippen molar-refractivity contribution in [3.05, 3.63) is 41.6 Å². The van der Waals surface area contributed by atoms with E-state index in [0.29, 0.717) is 5.57 Å². The van der Waals surface area contributed by atoms with Crippen LogP contribution in [-0.2, 0) is 4.79 Å². The van der Waals surface area contributed by atoms with E-state index in [0.717, 1.165) is 5.69 Å². The predicted molar refractivity (Wildman–Crippen MR) is 64.4 cm³/mol. The Morgan fingerprint density at radius 3 is 2.59 bits per heavy atom. The average Bonchev–Trinajstić information content (AvgIpc) is 2.30. The van der Waals surface area contributed by atoms with Gasteiger partial charge in [-0.05, 0) is 19.1 Å². The van der Waals surface area contributed by atoms with Gasteiger partial charge in [0.15, 0.2) is 0 Å². The van der Waals surface area contributed by atoms with Gasteiger partial charge in [-0.1, -0.05) is 17.7 Å². The molecule has 0 saturated carbocycles. The molecule has 0 radical (unpaired) electrons. The largest absolute Gasteiger partial charge is 0.361 e. The third kappa shape index (κ3) is 2.84. The number of anilines is 1. The summed E-state index contributed by atoms with van der Waals surface area (Å²) in [4.78, 5) is 22.2. The van der Waals surface area contributed by atoms with E-state index in [1.807, 2.05) is 31.2 Å². The number of nitrogens with one attached hydrogen (secondary N) is 3. The second-order valence-corrected chi connectivity index (χ2v) is 3.82. The molecule has 5 heteroatoms. The summed E-state index contributed by atoms with van der Waals surface area (Å²) >= 11 is 0. The van der Waals surface area contributed by atoms with Crippen molar-refractivity contribution in [1.82, 2.24) is 10.6 Å². The van der Waals surface area contributed by atoms with Crippen LogP contribution in [0, 0.1) is 6.92 Å². The third-order valence-electron chi connectivity index (χ3n) is 2.42. The maximum Gasteiger partial charge on any atom is 0.321 e. The van der Waals surface area contributed by atoms with Crippen LogP contribution in [0.1, 0.15) is 5.56 Å². The number of imide groups is 1. The zero-order valence-corrected chi connectivity index (χ0v) is 9.41. The van der Waals surface area contributed by atoms with E-state index in [4.69, 9.17) is 0 Å². The van der Waals surface area contributed by atoms with Gasteiger partial charge in [0.25, 0.3) is 5.91 Å². The van der Waals surface area contributed by atoms with Crippen LogP contribution in [0.2, 0.25) is 0 Å². The second-order valence-electron chi connectivity index (χ2n) is 3.82. The SMILES string of the molecule is Cc1ccc(N/C=C2\CNC(=O)NC2=O)cc1. The fourth-order valence-corrected chi connectivity index (χ4v) is 1.42. The molecule has 3 amide bonds. The van der Waals surface area contributed by atoms with Crippen molar-refractivity contribution in [3.63, 3.8) is 0 Å². The maximum absolute atomic E-state index is 11.4. The number of aryl methyl sites for hydroxylation is 1. The standard InChI is InChI=1S/C12H13N3O2/c1-8-2-4-10(5-3-8)13-6-9-7-14-12(17)15-11(9)16/h2-6,13H,7H2,1H3,(H2,14,15,16,17)/b9-6+. The smallest absolute Gasteiger partial charge is 0.321 e. The van der Waals surface area contributed by atoms with E-state index >= 15 is 0 Å². The first kappa shape index (κ1) is 11.2. The molecule has 1 aliphatic heterocycles. The molecular weight excluding hydrogens is 218 g/mol. The molecule has 0 bridgehead atoms. The zero-order chi connectivity index (χ0) is 12.3. The number of benzene rings is 1. The molecule has 0 aliphatic carbocycles. The van der Waals surface area contributed by atoms with Crippen LogP contribution in [0.5, 0.6) is 0 Å². The van der Waals surface area contributed by atoms with Crippen molar-refractivity contribution < 1.29 is 9.59 Å². The first-order chi connectivity index (χ1) is 8.15. The first-order valence-corrected chi connectivity index (χ1v) is 5.26. The summed E-state index contributed by atoms with van der Waals surface area (Å²) in [6.45, 7) is 2.25. The highest BCUT2D eigenvalue weighted by molar-refractivity contribution is 6.06. The Morgan fingerprint density at radius 2 is 1.94 bits per heavy atom. The number of amides is 3. The number of carbonyl (C=O) groups excluding carboxylic acids is 2. The molecule has 1 aromatic carbocycles. The number of rotatable bonds is 2. The number of hydrogen-bond donors (Lipinski definition) is 3. The fraction of sp³-hybridized carbons (Fsp3) is 0.167. The number of hydrogen-bond acceptors (Lipinski definition) is 3. The molecule has 3 N–H and O–H groups in total. The molecule has 0 atom stereocenters. The highest BCUT2D eigenvalue weighted by Crippen LogP contribution is 2.09. The van der Waals surface area contributed by atoms with Crippen LogP contribution in [0.15, 0.2) is 36.0 Å². The Labute approximate surface area is 98.9 Å². The van der Waals surface area contributed by atoms with Crippen molar-refractivity contribution in [3.8, 4) is 0 Å². The van der Waals surface area contributed by atoms with Gasteiger partial charge >= 0.3 is 6.03 Å². The molecule has 17 heavy (non-hydrogen) atoms. The van der Waals surface area contributed by atoms with E-state index in [2.05, 4.69) is 16.0 Å². The average molecular weight is 231 g/mol. The highest BCUT2D eigenvalue weighted by Gasteiger charge is 2.18. The summed E-state index contributed by atoms with van der Waals surface area (Å²) in [7, 11) is 0. The van der Waals surface area contributed by atoms with Gasteiger partial charge in [-0.3, -0.25) is 10.1 Å². The Kier molecular flexibility index (Phi) is 3.09. The lowest BCUT2D eigenvalue weighted by Crippen LogP contribution is -2.48. The number of urea groups is 1. The Morgan fingerprint density at radius 1 is 1.24 bits per heavy atom. The fourth-order valence-electron chi connectivity index (χ4n) is 1.42. The van der Waals surface area contributed by atoms with Crippen molar-refractivity contribution in [2.45, 2.75) is 6.92 Å². The quantitative estimate of drug-likeness (QED) is 0.668. The van der Waals surface area contributed by atoms with Crippen molar-refractivity contribution in [1.29, 1.82) is 0 Å². The summed E-state index contributed by atoms with van der Waals surface area (Å²) in [5.74, 6) is -0.367. The van der Waals surface area contributed by atoms with Crippen molar-refractivity contribution >= 4 is 17.6 Å². The Bertz CT molecular complexity index is 477. The van der Waals surface area contributed by atoms with E-state index in [9.17, 15) is 9.59 Å². The van der Waals surface area contributed by atoms with Crippen molar-refractivity contribution in [2.75, 3.05) is 11.9 Å². The lowest BCUT2D eigenvalue weighted by Gasteiger charge is -2.15. The minimum absolute atomic E-state index is 0.240. The van der Waals surface area contributed by atoms with Crippen LogP contribution in [0.3, 0.4) is 0 Å². The van der Waals surface area contributed by atoms with Crippen LogP contribution in [0.25, 0.3) is 0 Å². The topological polar surface area (TPSA) is 70.2 Å². The van der Waals surface area contributed by atoms with Gasteiger partial charge in [-0.2, -0.15) is 0 Å². The minimum atomic E-state index is -0.456. The van der Waals surface area contributed by atoms with Crippen LogP contribution < -0.4 is 16.0 Å². The summed E-state index contributed by atoms with van der Waals surface area (Å²) in [6, 6.07) is 7.34. The Balaban J connectivity index is 2.03. The van der Waals surface area contributed by atoms with E-state index < -0.39 is 6.03 Å². The summed E-state index contributed by atoms with van der Waals surface area (Å²) in [6.07, 6.45) is 1.60. The third-order valence-corrected chi connectivity index (χ3v) is 2.42. The molecule has 88 valence electrons. The van der Waals surface area contributed by atoms with Gasteiger partial charge in [0.1, 0.15) is 0 Å². The van der Waals surface area contributed by atoms with Gasteiger partial charge in [-0.25, -0.2) is 4.79 Å². The molecular formula is C12H13N3O2. The lowest BCUT2D eigenvalue weighted by molar-refractivity contribution is -0.116. The van der Waals surface area contributed by atoms with Crippen LogP contribution in [0.4, 0.5) is 10.5 Å². The van der Waals surface area contributed by atoms with Gasteiger partial charge < -0.3 is 10.6 Å². The van der Waals surface area contributed by atoms with Gasteiger partial charge in [-0.15, -0.1) is 0 Å². The van der Waals surface area contributed by atoms with E-state index in [-0.39, 0.29) is 12.5 Å². The molecule has 1 heterocycles. The van der Waals surface area contributed by atoms with Gasteiger partial charge in [0, 0.05) is 11.9 Å². The van der Waals surface area contributed by atoms with E-state index in [1.165, 1.54) is 5.56 Å². The molecule has 1 aliphatic rings. The molecule has 5 nitrogen and oxygen atoms in total.